The molecule has 1 amide bonds. The van der Waals surface area contributed by atoms with Gasteiger partial charge in [-0.3, -0.25) is 10.1 Å². The molecule has 122 valence electrons. The van der Waals surface area contributed by atoms with Gasteiger partial charge in [-0.15, -0.1) is 22.0 Å². The third-order valence-corrected chi connectivity index (χ3v) is 5.20. The molecule has 2 aromatic carbocycles. The predicted molar refractivity (Wildman–Crippen MR) is 100.0 cm³/mol. The number of rotatable bonds is 6. The van der Waals surface area contributed by atoms with Crippen molar-refractivity contribution in [1.82, 2.24) is 10.2 Å². The Morgan fingerprint density at radius 1 is 1.08 bits per heavy atom. The molecule has 0 atom stereocenters. The number of anilines is 1. The molecule has 0 aliphatic carbocycles. The van der Waals surface area contributed by atoms with Crippen LogP contribution in [0.5, 0.6) is 0 Å². The van der Waals surface area contributed by atoms with Gasteiger partial charge in [-0.2, -0.15) is 0 Å². The Bertz CT molecular complexity index is 806. The zero-order valence-corrected chi connectivity index (χ0v) is 15.0. The van der Waals surface area contributed by atoms with Crippen molar-refractivity contribution in [2.24, 2.45) is 0 Å². The van der Waals surface area contributed by atoms with E-state index in [4.69, 9.17) is 11.6 Å². The minimum atomic E-state index is -0.0851. The molecule has 3 aromatic rings. The highest BCUT2D eigenvalue weighted by Crippen LogP contribution is 2.21. The smallest absolute Gasteiger partial charge is 0.236 e. The number of carbonyl (C=O) groups excluding carboxylic acids is 1. The van der Waals surface area contributed by atoms with Gasteiger partial charge in [0.1, 0.15) is 5.01 Å². The number of thioether (sulfide) groups is 1. The molecule has 1 heterocycles. The van der Waals surface area contributed by atoms with Gasteiger partial charge >= 0.3 is 0 Å². The molecular weight excluding hydrogens is 362 g/mol. The summed E-state index contributed by atoms with van der Waals surface area (Å²) in [5, 5.41) is 13.0. The quantitative estimate of drug-likeness (QED) is 0.644. The van der Waals surface area contributed by atoms with Crippen LogP contribution in [0.1, 0.15) is 10.6 Å². The molecule has 7 heteroatoms. The fourth-order valence-corrected chi connectivity index (χ4v) is 3.61. The standard InChI is InChI=1S/C17H14ClN3OS2/c18-13-8-6-12(7-9-13)10-16-20-21-17(24-16)19-15(22)11-23-14-4-2-1-3-5-14/h1-9H,10-11H2,(H,19,21,22). The summed E-state index contributed by atoms with van der Waals surface area (Å²) in [6.45, 7) is 0. The molecule has 0 fully saturated rings. The number of benzene rings is 2. The molecule has 0 unspecified atom stereocenters. The van der Waals surface area contributed by atoms with Crippen molar-refractivity contribution in [3.8, 4) is 0 Å². The van der Waals surface area contributed by atoms with Gasteiger partial charge in [0.05, 0.1) is 5.75 Å². The number of halogens is 1. The van der Waals surface area contributed by atoms with E-state index in [2.05, 4.69) is 15.5 Å². The third kappa shape index (κ3) is 5.06. The van der Waals surface area contributed by atoms with Crippen LogP contribution in [0.2, 0.25) is 5.02 Å². The van der Waals surface area contributed by atoms with Crippen molar-refractivity contribution >= 4 is 45.7 Å². The van der Waals surface area contributed by atoms with E-state index in [9.17, 15) is 4.79 Å². The normalized spacial score (nSPS) is 10.5. The number of amides is 1. The van der Waals surface area contributed by atoms with E-state index in [1.165, 1.54) is 23.1 Å². The maximum absolute atomic E-state index is 12.0. The highest BCUT2D eigenvalue weighted by atomic mass is 35.5. The molecule has 24 heavy (non-hydrogen) atoms. The van der Waals surface area contributed by atoms with Gasteiger partial charge < -0.3 is 0 Å². The lowest BCUT2D eigenvalue weighted by molar-refractivity contribution is -0.113. The number of aromatic nitrogens is 2. The maximum atomic E-state index is 12.0. The lowest BCUT2D eigenvalue weighted by atomic mass is 10.2. The van der Waals surface area contributed by atoms with E-state index in [0.717, 1.165) is 15.5 Å². The van der Waals surface area contributed by atoms with Gasteiger partial charge in [0.2, 0.25) is 11.0 Å². The molecule has 0 aliphatic rings. The van der Waals surface area contributed by atoms with E-state index in [0.29, 0.717) is 22.3 Å². The average molecular weight is 376 g/mol. The molecule has 0 saturated carbocycles. The van der Waals surface area contributed by atoms with Crippen LogP contribution >= 0.6 is 34.7 Å². The van der Waals surface area contributed by atoms with Crippen LogP contribution < -0.4 is 5.32 Å². The Kier molecular flexibility index (Phi) is 5.85. The molecule has 0 radical (unpaired) electrons. The van der Waals surface area contributed by atoms with Crippen LogP contribution in [-0.2, 0) is 11.2 Å². The first-order valence-electron chi connectivity index (χ1n) is 7.23. The van der Waals surface area contributed by atoms with Crippen LogP contribution in [0.15, 0.2) is 59.5 Å². The van der Waals surface area contributed by atoms with Crippen LogP contribution in [0.3, 0.4) is 0 Å². The zero-order chi connectivity index (χ0) is 16.8. The van der Waals surface area contributed by atoms with Crippen molar-refractivity contribution in [3.63, 3.8) is 0 Å². The van der Waals surface area contributed by atoms with Crippen LogP contribution in [-0.4, -0.2) is 21.9 Å². The number of carbonyl (C=O) groups is 1. The van der Waals surface area contributed by atoms with Gasteiger partial charge in [0.25, 0.3) is 0 Å². The van der Waals surface area contributed by atoms with Gasteiger partial charge in [-0.25, -0.2) is 0 Å². The number of hydrogen-bond donors (Lipinski definition) is 1. The largest absolute Gasteiger partial charge is 0.300 e. The van der Waals surface area contributed by atoms with Crippen LogP contribution in [0, 0.1) is 0 Å². The second-order valence-electron chi connectivity index (χ2n) is 4.95. The summed E-state index contributed by atoms with van der Waals surface area (Å²) in [7, 11) is 0. The summed E-state index contributed by atoms with van der Waals surface area (Å²) in [5.41, 5.74) is 1.10. The Morgan fingerprint density at radius 2 is 1.83 bits per heavy atom. The summed E-state index contributed by atoms with van der Waals surface area (Å²) in [6, 6.07) is 17.4. The summed E-state index contributed by atoms with van der Waals surface area (Å²) >= 11 is 8.75. The lowest BCUT2D eigenvalue weighted by Crippen LogP contribution is -2.13. The molecular formula is C17H14ClN3OS2. The van der Waals surface area contributed by atoms with E-state index < -0.39 is 0 Å². The molecule has 1 aromatic heterocycles. The van der Waals surface area contributed by atoms with Gasteiger partial charge in [0.15, 0.2) is 0 Å². The van der Waals surface area contributed by atoms with Gasteiger partial charge in [-0.1, -0.05) is 53.3 Å². The summed E-state index contributed by atoms with van der Waals surface area (Å²) < 4.78 is 0. The van der Waals surface area contributed by atoms with Crippen molar-refractivity contribution in [1.29, 1.82) is 0 Å². The molecule has 0 bridgehead atoms. The first kappa shape index (κ1) is 17.0. The zero-order valence-electron chi connectivity index (χ0n) is 12.6. The summed E-state index contributed by atoms with van der Waals surface area (Å²) in [5.74, 6) is 0.258. The number of nitrogens with zero attached hydrogens (tertiary/aromatic N) is 2. The summed E-state index contributed by atoms with van der Waals surface area (Å²) in [6.07, 6.45) is 0.670. The average Bonchev–Trinajstić information content (AvgIpc) is 3.03. The van der Waals surface area contributed by atoms with E-state index in [-0.39, 0.29) is 5.91 Å². The second-order valence-corrected chi connectivity index (χ2v) is 7.50. The Labute approximate surface area is 153 Å². The van der Waals surface area contributed by atoms with Gasteiger partial charge in [0, 0.05) is 16.3 Å². The lowest BCUT2D eigenvalue weighted by Gasteiger charge is -2.01. The first-order chi connectivity index (χ1) is 11.7. The van der Waals surface area contributed by atoms with Crippen molar-refractivity contribution < 1.29 is 4.79 Å². The Hall–Kier alpha value is -1.89. The van der Waals surface area contributed by atoms with Crippen molar-refractivity contribution in [2.75, 3.05) is 11.1 Å². The highest BCUT2D eigenvalue weighted by Gasteiger charge is 2.09. The molecule has 1 N–H and O–H groups in total. The third-order valence-electron chi connectivity index (χ3n) is 3.09. The minimum Gasteiger partial charge on any atom is -0.300 e. The topological polar surface area (TPSA) is 54.9 Å². The van der Waals surface area contributed by atoms with Crippen LogP contribution in [0.25, 0.3) is 0 Å². The second kappa shape index (κ2) is 8.28. The van der Waals surface area contributed by atoms with Crippen molar-refractivity contribution in [3.05, 3.63) is 70.2 Å². The van der Waals surface area contributed by atoms with E-state index in [1.807, 2.05) is 54.6 Å². The fraction of sp³-hybridized carbons (Fsp3) is 0.118. The molecule has 0 aliphatic heterocycles. The van der Waals surface area contributed by atoms with E-state index in [1.54, 1.807) is 0 Å². The summed E-state index contributed by atoms with van der Waals surface area (Å²) in [4.78, 5) is 13.0. The number of hydrogen-bond acceptors (Lipinski definition) is 5. The molecule has 3 rings (SSSR count). The van der Waals surface area contributed by atoms with Gasteiger partial charge in [-0.05, 0) is 29.8 Å². The molecule has 0 saturated heterocycles. The van der Waals surface area contributed by atoms with Crippen molar-refractivity contribution in [2.45, 2.75) is 11.3 Å². The van der Waals surface area contributed by atoms with E-state index >= 15 is 0 Å². The SMILES string of the molecule is O=C(CSc1ccccc1)Nc1nnc(Cc2ccc(Cl)cc2)s1. The highest BCUT2D eigenvalue weighted by molar-refractivity contribution is 8.00. The Balaban J connectivity index is 1.51. The van der Waals surface area contributed by atoms with Crippen LogP contribution in [0.4, 0.5) is 5.13 Å². The predicted octanol–water partition coefficient (Wildman–Crippen LogP) is 4.51. The fourth-order valence-electron chi connectivity index (χ4n) is 1.97. The maximum Gasteiger partial charge on any atom is 0.236 e. The monoisotopic (exact) mass is 375 g/mol. The molecule has 0 spiro atoms. The Morgan fingerprint density at radius 3 is 2.58 bits per heavy atom. The minimum absolute atomic E-state index is 0.0851. The number of nitrogens with one attached hydrogen (secondary N) is 1. The first-order valence-corrected chi connectivity index (χ1v) is 9.41. The molecule has 4 nitrogen and oxygen atoms in total.